The summed E-state index contributed by atoms with van der Waals surface area (Å²) in [5.41, 5.74) is 4.86. The van der Waals surface area contributed by atoms with Crippen LogP contribution >= 0.6 is 0 Å². The molecule has 162 valence electrons. The predicted octanol–water partition coefficient (Wildman–Crippen LogP) is 5.40. The lowest BCUT2D eigenvalue weighted by Gasteiger charge is -2.23. The number of para-hydroxylation sites is 1. The molecule has 1 heterocycles. The van der Waals surface area contributed by atoms with Crippen molar-refractivity contribution in [3.8, 4) is 11.5 Å². The van der Waals surface area contributed by atoms with E-state index < -0.39 is 0 Å². The Kier molecular flexibility index (Phi) is 6.36. The van der Waals surface area contributed by atoms with Crippen molar-refractivity contribution in [2.24, 2.45) is 5.10 Å². The van der Waals surface area contributed by atoms with Crippen LogP contribution in [0.3, 0.4) is 0 Å². The molecule has 1 aliphatic heterocycles. The molecule has 0 radical (unpaired) electrons. The molecule has 1 amide bonds. The fourth-order valence-electron chi connectivity index (χ4n) is 3.86. The topological polar surface area (TPSA) is 51.1 Å². The van der Waals surface area contributed by atoms with Crippen molar-refractivity contribution in [2.75, 3.05) is 14.2 Å². The minimum Gasteiger partial charge on any atom is -0.493 e. The molecule has 3 aromatic rings. The van der Waals surface area contributed by atoms with Gasteiger partial charge < -0.3 is 9.47 Å². The van der Waals surface area contributed by atoms with Gasteiger partial charge in [0.2, 0.25) is 0 Å². The van der Waals surface area contributed by atoms with E-state index >= 15 is 0 Å². The fourth-order valence-corrected chi connectivity index (χ4v) is 3.86. The molecule has 5 nitrogen and oxygen atoms in total. The molecule has 5 heteroatoms. The van der Waals surface area contributed by atoms with Gasteiger partial charge in [-0.15, -0.1) is 0 Å². The molecule has 4 rings (SSSR count). The van der Waals surface area contributed by atoms with Crippen molar-refractivity contribution < 1.29 is 14.3 Å². The maximum absolute atomic E-state index is 13.2. The molecule has 1 aliphatic rings. The highest BCUT2D eigenvalue weighted by Gasteiger charge is 2.34. The van der Waals surface area contributed by atoms with Crippen LogP contribution < -0.4 is 9.47 Å². The maximum Gasteiger partial charge on any atom is 0.267 e. The van der Waals surface area contributed by atoms with Crippen molar-refractivity contribution in [2.45, 2.75) is 19.4 Å². The first kappa shape index (κ1) is 21.4. The molecule has 0 aliphatic carbocycles. The van der Waals surface area contributed by atoms with Crippen LogP contribution in [0.2, 0.25) is 0 Å². The number of amides is 1. The number of aryl methyl sites for hydroxylation is 1. The van der Waals surface area contributed by atoms with Crippen LogP contribution in [0.5, 0.6) is 11.5 Å². The van der Waals surface area contributed by atoms with Crippen LogP contribution in [0.1, 0.15) is 34.7 Å². The average molecular weight is 427 g/mol. The molecule has 3 aromatic carbocycles. The Labute approximate surface area is 188 Å². The summed E-state index contributed by atoms with van der Waals surface area (Å²) in [6.07, 6.45) is 3.95. The summed E-state index contributed by atoms with van der Waals surface area (Å²) in [6, 6.07) is 23.3. The van der Waals surface area contributed by atoms with Gasteiger partial charge >= 0.3 is 0 Å². The molecule has 1 unspecified atom stereocenters. The zero-order chi connectivity index (χ0) is 22.5. The van der Waals surface area contributed by atoms with Gasteiger partial charge in [-0.1, -0.05) is 72.3 Å². The highest BCUT2D eigenvalue weighted by molar-refractivity contribution is 6.04. The number of nitrogens with zero attached hydrogens (tertiary/aromatic N) is 2. The third kappa shape index (κ3) is 4.42. The molecule has 0 spiro atoms. The predicted molar refractivity (Wildman–Crippen MR) is 127 cm³/mol. The Morgan fingerprint density at radius 1 is 0.969 bits per heavy atom. The molecule has 0 bridgehead atoms. The van der Waals surface area contributed by atoms with Crippen LogP contribution in [-0.2, 0) is 4.79 Å². The second-order valence-electron chi connectivity index (χ2n) is 7.64. The molecule has 32 heavy (non-hydrogen) atoms. The summed E-state index contributed by atoms with van der Waals surface area (Å²) >= 11 is 0. The van der Waals surface area contributed by atoms with Gasteiger partial charge in [0.25, 0.3) is 5.91 Å². The van der Waals surface area contributed by atoms with E-state index in [0.717, 1.165) is 22.4 Å². The standard InChI is InChI=1S/C27H26N2O3/c1-19-12-15-21(16-13-19)23-18-24(22-10-7-11-25(31-2)27(22)32-3)29(28-23)26(30)17-14-20-8-5-4-6-9-20/h4-17,24H,18H2,1-3H3. The summed E-state index contributed by atoms with van der Waals surface area (Å²) in [5.74, 6) is 1.05. The molecule has 0 fully saturated rings. The molecule has 0 saturated carbocycles. The Morgan fingerprint density at radius 3 is 2.41 bits per heavy atom. The van der Waals surface area contributed by atoms with Crippen LogP contribution in [0, 0.1) is 6.92 Å². The minimum atomic E-state index is -0.302. The number of carbonyl (C=O) groups is 1. The largest absolute Gasteiger partial charge is 0.493 e. The third-order valence-electron chi connectivity index (χ3n) is 5.53. The molecule has 0 N–H and O–H groups in total. The van der Waals surface area contributed by atoms with E-state index in [1.54, 1.807) is 25.3 Å². The molecular formula is C27H26N2O3. The summed E-state index contributed by atoms with van der Waals surface area (Å²) in [5, 5.41) is 6.29. The Balaban J connectivity index is 1.72. The van der Waals surface area contributed by atoms with E-state index in [1.807, 2.05) is 73.7 Å². The lowest BCUT2D eigenvalue weighted by atomic mass is 9.97. The molecular weight excluding hydrogens is 400 g/mol. The Bertz CT molecular complexity index is 1150. The number of carbonyl (C=O) groups excluding carboxylic acids is 1. The van der Waals surface area contributed by atoms with Crippen LogP contribution in [0.15, 0.2) is 84.0 Å². The minimum absolute atomic E-state index is 0.189. The van der Waals surface area contributed by atoms with Crippen molar-refractivity contribution in [1.82, 2.24) is 5.01 Å². The van der Waals surface area contributed by atoms with Gasteiger partial charge in [0.05, 0.1) is 26.0 Å². The zero-order valence-electron chi connectivity index (χ0n) is 18.5. The number of ether oxygens (including phenoxy) is 2. The SMILES string of the molecule is COc1cccc(C2CC(c3ccc(C)cc3)=NN2C(=O)C=Cc2ccccc2)c1OC. The van der Waals surface area contributed by atoms with Crippen molar-refractivity contribution >= 4 is 17.7 Å². The second-order valence-corrected chi connectivity index (χ2v) is 7.64. The first-order valence-corrected chi connectivity index (χ1v) is 10.5. The van der Waals surface area contributed by atoms with Crippen molar-refractivity contribution in [1.29, 1.82) is 0 Å². The molecule has 0 aromatic heterocycles. The van der Waals surface area contributed by atoms with E-state index in [4.69, 9.17) is 14.6 Å². The van der Waals surface area contributed by atoms with E-state index in [1.165, 1.54) is 5.56 Å². The number of hydrogen-bond acceptors (Lipinski definition) is 4. The fraction of sp³-hybridized carbons (Fsp3) is 0.185. The van der Waals surface area contributed by atoms with E-state index in [-0.39, 0.29) is 11.9 Å². The van der Waals surface area contributed by atoms with E-state index in [9.17, 15) is 4.79 Å². The van der Waals surface area contributed by atoms with Gasteiger partial charge in [0.1, 0.15) is 0 Å². The van der Waals surface area contributed by atoms with Crippen molar-refractivity contribution in [3.63, 3.8) is 0 Å². The van der Waals surface area contributed by atoms with Gasteiger partial charge in [-0.2, -0.15) is 5.10 Å². The highest BCUT2D eigenvalue weighted by atomic mass is 16.5. The first-order valence-electron chi connectivity index (χ1n) is 10.5. The van der Waals surface area contributed by atoms with Crippen molar-refractivity contribution in [3.05, 3.63) is 101 Å². The van der Waals surface area contributed by atoms with E-state index in [0.29, 0.717) is 17.9 Å². The number of hydrazone groups is 1. The zero-order valence-corrected chi connectivity index (χ0v) is 18.5. The Morgan fingerprint density at radius 2 is 1.72 bits per heavy atom. The summed E-state index contributed by atoms with van der Waals surface area (Å²) < 4.78 is 11.1. The van der Waals surface area contributed by atoms with Crippen LogP contribution in [-0.4, -0.2) is 30.8 Å². The van der Waals surface area contributed by atoms with Gasteiger partial charge in [0.15, 0.2) is 11.5 Å². The molecule has 0 saturated heterocycles. The number of methoxy groups -OCH3 is 2. The first-order chi connectivity index (χ1) is 15.6. The van der Waals surface area contributed by atoms with Gasteiger partial charge in [-0.25, -0.2) is 5.01 Å². The number of rotatable bonds is 6. The molecule has 1 atom stereocenters. The summed E-state index contributed by atoms with van der Waals surface area (Å²) in [6.45, 7) is 2.05. The quantitative estimate of drug-likeness (QED) is 0.496. The van der Waals surface area contributed by atoms with E-state index in [2.05, 4.69) is 12.1 Å². The smallest absolute Gasteiger partial charge is 0.267 e. The van der Waals surface area contributed by atoms with Gasteiger partial charge in [0, 0.05) is 18.1 Å². The third-order valence-corrected chi connectivity index (χ3v) is 5.53. The van der Waals surface area contributed by atoms with Gasteiger partial charge in [-0.05, 0) is 30.2 Å². The number of hydrogen-bond donors (Lipinski definition) is 0. The Hall–Kier alpha value is -3.86. The monoisotopic (exact) mass is 426 g/mol. The summed E-state index contributed by atoms with van der Waals surface area (Å²) in [7, 11) is 3.22. The van der Waals surface area contributed by atoms with Crippen LogP contribution in [0.25, 0.3) is 6.08 Å². The highest BCUT2D eigenvalue weighted by Crippen LogP contribution is 2.41. The van der Waals surface area contributed by atoms with Crippen LogP contribution in [0.4, 0.5) is 0 Å². The lowest BCUT2D eigenvalue weighted by molar-refractivity contribution is -0.127. The van der Waals surface area contributed by atoms with Gasteiger partial charge in [-0.3, -0.25) is 4.79 Å². The second kappa shape index (κ2) is 9.52. The number of benzene rings is 3. The lowest BCUT2D eigenvalue weighted by Crippen LogP contribution is -2.25. The maximum atomic E-state index is 13.2. The summed E-state index contributed by atoms with van der Waals surface area (Å²) in [4.78, 5) is 13.2. The normalized spacial score (nSPS) is 15.7. The average Bonchev–Trinajstić information content (AvgIpc) is 3.28.